The van der Waals surface area contributed by atoms with E-state index in [2.05, 4.69) is 42.3 Å². The van der Waals surface area contributed by atoms with E-state index in [1.54, 1.807) is 54.6 Å². The van der Waals surface area contributed by atoms with E-state index >= 15 is 0 Å². The lowest BCUT2D eigenvalue weighted by molar-refractivity contribution is -0.115. The molecule has 0 aliphatic carbocycles. The molecule has 0 spiro atoms. The minimum absolute atomic E-state index is 0.0540. The smallest absolute Gasteiger partial charge is 0.272 e. The van der Waals surface area contributed by atoms with Crippen LogP contribution in [0.25, 0.3) is 22.3 Å². The van der Waals surface area contributed by atoms with Gasteiger partial charge in [-0.1, -0.05) is 41.4 Å². The molecule has 4 N–H and O–H groups in total. The van der Waals surface area contributed by atoms with Crippen molar-refractivity contribution in [3.05, 3.63) is 87.5 Å². The second kappa shape index (κ2) is 10.1. The number of H-pyrrole nitrogens is 2. The third-order valence-corrected chi connectivity index (χ3v) is 6.13. The molecule has 37 heavy (non-hydrogen) atoms. The molecule has 0 unspecified atom stereocenters. The minimum Gasteiger partial charge on any atom is -0.349 e. The average Bonchev–Trinajstić information content (AvgIpc) is 3.57. The van der Waals surface area contributed by atoms with Crippen LogP contribution < -0.4 is 10.6 Å². The largest absolute Gasteiger partial charge is 0.349 e. The summed E-state index contributed by atoms with van der Waals surface area (Å²) in [4.78, 5) is 28.9. The van der Waals surface area contributed by atoms with Gasteiger partial charge in [-0.3, -0.25) is 9.59 Å². The molecule has 3 aromatic carbocycles. The summed E-state index contributed by atoms with van der Waals surface area (Å²) in [5, 5.41) is 30.2. The lowest BCUT2D eigenvalue weighted by Gasteiger charge is -2.09. The van der Waals surface area contributed by atoms with Gasteiger partial charge < -0.3 is 15.6 Å². The van der Waals surface area contributed by atoms with E-state index in [4.69, 9.17) is 23.2 Å². The van der Waals surface area contributed by atoms with Gasteiger partial charge in [-0.15, -0.1) is 5.10 Å². The van der Waals surface area contributed by atoms with Crippen LogP contribution in [0.3, 0.4) is 0 Å². The van der Waals surface area contributed by atoms with Crippen molar-refractivity contribution >= 4 is 57.3 Å². The van der Waals surface area contributed by atoms with E-state index in [0.29, 0.717) is 49.5 Å². The number of amides is 2. The highest BCUT2D eigenvalue weighted by Crippen LogP contribution is 2.28. The number of carbonyl (C=O) groups is 2. The predicted octanol–water partition coefficient (Wildman–Crippen LogP) is 4.96. The van der Waals surface area contributed by atoms with Crippen LogP contribution in [-0.4, -0.2) is 37.4 Å². The van der Waals surface area contributed by atoms with Crippen LogP contribution in [0.2, 0.25) is 10.0 Å². The zero-order valence-electron chi connectivity index (χ0n) is 18.8. The molecule has 2 amide bonds. The van der Waals surface area contributed by atoms with Crippen LogP contribution in [0, 0.1) is 11.3 Å². The maximum absolute atomic E-state index is 13.1. The van der Waals surface area contributed by atoms with Crippen molar-refractivity contribution in [3.8, 4) is 17.5 Å². The fraction of sp³-hybridized carbons (Fsp3) is 0.0400. The molecule has 5 aromatic rings. The van der Waals surface area contributed by atoms with Gasteiger partial charge in [0, 0.05) is 21.0 Å². The number of benzene rings is 3. The molecule has 182 valence electrons. The zero-order chi connectivity index (χ0) is 25.9. The van der Waals surface area contributed by atoms with Gasteiger partial charge in [-0.2, -0.15) is 5.26 Å². The number of nitrogens with zero attached hydrogens (tertiary/aromatic N) is 4. The van der Waals surface area contributed by atoms with Crippen molar-refractivity contribution in [2.75, 3.05) is 10.6 Å². The van der Waals surface area contributed by atoms with Gasteiger partial charge >= 0.3 is 0 Å². The zero-order valence-corrected chi connectivity index (χ0v) is 20.4. The number of carbonyl (C=O) groups excluding carboxylic acids is 2. The van der Waals surface area contributed by atoms with E-state index in [0.717, 1.165) is 5.39 Å². The Hall–Kier alpha value is -4.72. The number of aromatic nitrogens is 5. The molecule has 0 aliphatic heterocycles. The van der Waals surface area contributed by atoms with Gasteiger partial charge in [-0.05, 0) is 58.5 Å². The molecule has 12 heteroatoms. The molecular formula is C25H16Cl2N8O2. The number of hydrogen-bond acceptors (Lipinski definition) is 6. The molecule has 2 aromatic heterocycles. The standard InChI is InChI=1S/C25H16Cl2N8O2/c26-16-6-5-14(18(27)11-16)10-22(36)29-20-3-1-2-15-9-21(30-23(15)20)25(37)31-19-7-4-13(12-28)8-17(19)24-32-34-35-33-24/h1-9,11,30H,10H2,(H,29,36)(H,31,37)(H,32,33,34,35). The summed E-state index contributed by atoms with van der Waals surface area (Å²) in [7, 11) is 0. The van der Waals surface area contributed by atoms with Crippen molar-refractivity contribution in [2.45, 2.75) is 6.42 Å². The molecule has 0 saturated carbocycles. The van der Waals surface area contributed by atoms with E-state index in [-0.39, 0.29) is 18.0 Å². The quantitative estimate of drug-likeness (QED) is 0.243. The molecule has 10 nitrogen and oxygen atoms in total. The Bertz CT molecular complexity index is 1690. The number of halogens is 2. The summed E-state index contributed by atoms with van der Waals surface area (Å²) in [5.74, 6) is -0.407. The lowest BCUT2D eigenvalue weighted by atomic mass is 10.1. The summed E-state index contributed by atoms with van der Waals surface area (Å²) in [6.07, 6.45) is 0.0540. The van der Waals surface area contributed by atoms with Gasteiger partial charge in [0.05, 0.1) is 34.9 Å². The van der Waals surface area contributed by atoms with Crippen LogP contribution in [0.1, 0.15) is 21.6 Å². The molecule has 0 saturated heterocycles. The first kappa shape index (κ1) is 24.0. The molecular weight excluding hydrogens is 515 g/mol. The first-order valence-electron chi connectivity index (χ1n) is 10.9. The van der Waals surface area contributed by atoms with E-state index < -0.39 is 5.91 Å². The number of fused-ring (bicyclic) bond motifs is 1. The SMILES string of the molecule is N#Cc1ccc(NC(=O)c2cc3cccc(NC(=O)Cc4ccc(Cl)cc4Cl)c3[nH]2)c(-c2nnn[nH]2)c1. The Morgan fingerprint density at radius 3 is 2.62 bits per heavy atom. The summed E-state index contributed by atoms with van der Waals surface area (Å²) in [6, 6.07) is 18.8. The van der Waals surface area contributed by atoms with Crippen LogP contribution in [-0.2, 0) is 11.2 Å². The molecule has 0 bridgehead atoms. The maximum atomic E-state index is 13.1. The van der Waals surface area contributed by atoms with Crippen molar-refractivity contribution in [3.63, 3.8) is 0 Å². The number of aromatic amines is 2. The number of tetrazole rings is 1. The Labute approximate surface area is 219 Å². The fourth-order valence-corrected chi connectivity index (χ4v) is 4.27. The topological polar surface area (TPSA) is 152 Å². The van der Waals surface area contributed by atoms with E-state index in [1.807, 2.05) is 6.07 Å². The molecule has 0 radical (unpaired) electrons. The number of rotatable bonds is 6. The third-order valence-electron chi connectivity index (χ3n) is 5.54. The number of anilines is 2. The normalized spacial score (nSPS) is 10.7. The first-order chi connectivity index (χ1) is 17.9. The average molecular weight is 531 g/mol. The fourth-order valence-electron chi connectivity index (χ4n) is 3.80. The highest BCUT2D eigenvalue weighted by Gasteiger charge is 2.17. The summed E-state index contributed by atoms with van der Waals surface area (Å²) < 4.78 is 0. The number of nitrogens with one attached hydrogen (secondary N) is 4. The Morgan fingerprint density at radius 2 is 1.86 bits per heavy atom. The van der Waals surface area contributed by atoms with Crippen molar-refractivity contribution in [1.82, 2.24) is 25.6 Å². The van der Waals surface area contributed by atoms with Crippen molar-refractivity contribution in [1.29, 1.82) is 5.26 Å². The Balaban J connectivity index is 1.38. The summed E-state index contributed by atoms with van der Waals surface area (Å²) in [5.41, 5.74) is 3.26. The van der Waals surface area contributed by atoms with Gasteiger partial charge in [-0.25, -0.2) is 5.10 Å². The number of hydrogen-bond donors (Lipinski definition) is 4. The van der Waals surface area contributed by atoms with Gasteiger partial charge in [0.2, 0.25) is 5.91 Å². The van der Waals surface area contributed by atoms with Crippen LogP contribution in [0.15, 0.2) is 60.7 Å². The minimum atomic E-state index is -0.431. The third kappa shape index (κ3) is 5.13. The first-order valence-corrected chi connectivity index (χ1v) is 11.6. The number of para-hydroxylation sites is 1. The van der Waals surface area contributed by atoms with Crippen LogP contribution >= 0.6 is 23.2 Å². The van der Waals surface area contributed by atoms with Gasteiger partial charge in [0.15, 0.2) is 5.82 Å². The summed E-state index contributed by atoms with van der Waals surface area (Å²) in [6.45, 7) is 0. The Kier molecular flexibility index (Phi) is 6.55. The maximum Gasteiger partial charge on any atom is 0.272 e. The lowest BCUT2D eigenvalue weighted by Crippen LogP contribution is -2.15. The second-order valence-corrected chi connectivity index (χ2v) is 8.83. The summed E-state index contributed by atoms with van der Waals surface area (Å²) >= 11 is 12.1. The van der Waals surface area contributed by atoms with E-state index in [9.17, 15) is 14.9 Å². The molecule has 0 atom stereocenters. The second-order valence-electron chi connectivity index (χ2n) is 7.99. The molecule has 5 rings (SSSR count). The Morgan fingerprint density at radius 1 is 1.00 bits per heavy atom. The molecule has 0 aliphatic rings. The van der Waals surface area contributed by atoms with Gasteiger partial charge in [0.25, 0.3) is 5.91 Å². The van der Waals surface area contributed by atoms with Crippen LogP contribution in [0.4, 0.5) is 11.4 Å². The van der Waals surface area contributed by atoms with E-state index in [1.165, 1.54) is 0 Å². The van der Waals surface area contributed by atoms with Crippen LogP contribution in [0.5, 0.6) is 0 Å². The highest BCUT2D eigenvalue weighted by molar-refractivity contribution is 6.35. The monoisotopic (exact) mass is 530 g/mol. The highest BCUT2D eigenvalue weighted by atomic mass is 35.5. The van der Waals surface area contributed by atoms with Gasteiger partial charge in [0.1, 0.15) is 5.69 Å². The molecule has 2 heterocycles. The molecule has 0 fully saturated rings. The van der Waals surface area contributed by atoms with Crippen molar-refractivity contribution < 1.29 is 9.59 Å². The number of nitriles is 1. The van der Waals surface area contributed by atoms with Crippen molar-refractivity contribution in [2.24, 2.45) is 0 Å². The predicted molar refractivity (Wildman–Crippen MR) is 139 cm³/mol.